The largest absolute Gasteiger partial charge is 0.378 e. The van der Waals surface area contributed by atoms with Gasteiger partial charge in [0.1, 0.15) is 5.15 Å². The first-order valence-electron chi connectivity index (χ1n) is 5.70. The van der Waals surface area contributed by atoms with Crippen molar-refractivity contribution in [3.8, 4) is 11.4 Å². The Morgan fingerprint density at radius 1 is 1.33 bits per heavy atom. The van der Waals surface area contributed by atoms with Crippen LogP contribution in [0.15, 0.2) is 24.5 Å². The number of methoxy groups -OCH3 is 1. The van der Waals surface area contributed by atoms with Crippen LogP contribution in [0, 0.1) is 0 Å². The molecule has 0 aliphatic heterocycles. The molecule has 2 aromatic rings. The highest BCUT2D eigenvalue weighted by molar-refractivity contribution is 6.29. The molecule has 2 heterocycles. The number of pyridine rings is 1. The third kappa shape index (κ3) is 2.83. The lowest BCUT2D eigenvalue weighted by Crippen LogP contribution is -2.00. The van der Waals surface area contributed by atoms with Crippen molar-refractivity contribution in [3.05, 3.63) is 40.9 Å². The quantitative estimate of drug-likeness (QED) is 0.796. The summed E-state index contributed by atoms with van der Waals surface area (Å²) in [5, 5.41) is 0.422. The first-order valence-corrected chi connectivity index (χ1v) is 6.08. The highest BCUT2D eigenvalue weighted by Gasteiger charge is 2.09. The van der Waals surface area contributed by atoms with Crippen LogP contribution in [-0.2, 0) is 17.8 Å². The van der Waals surface area contributed by atoms with Gasteiger partial charge in [-0.05, 0) is 24.1 Å². The minimum absolute atomic E-state index is 0.418. The standard InChI is InChI=1S/C13H14ClN3O/c1-3-9-7-15-5-4-11(9)13-16-10(8-18-2)6-12(14)17-13/h4-7H,3,8H2,1-2H3. The van der Waals surface area contributed by atoms with E-state index in [1.54, 1.807) is 19.4 Å². The fraction of sp³-hybridized carbons (Fsp3) is 0.308. The molecule has 0 amide bonds. The van der Waals surface area contributed by atoms with Gasteiger partial charge in [-0.25, -0.2) is 9.97 Å². The van der Waals surface area contributed by atoms with Crippen molar-refractivity contribution in [3.63, 3.8) is 0 Å². The zero-order valence-electron chi connectivity index (χ0n) is 10.4. The molecule has 0 saturated heterocycles. The molecule has 2 aromatic heterocycles. The summed E-state index contributed by atoms with van der Waals surface area (Å²) in [7, 11) is 1.62. The van der Waals surface area contributed by atoms with Crippen molar-refractivity contribution < 1.29 is 4.74 Å². The molecular formula is C13H14ClN3O. The van der Waals surface area contributed by atoms with E-state index in [9.17, 15) is 0 Å². The summed E-state index contributed by atoms with van der Waals surface area (Å²) in [4.78, 5) is 12.8. The predicted molar refractivity (Wildman–Crippen MR) is 70.4 cm³/mol. The van der Waals surface area contributed by atoms with Crippen molar-refractivity contribution in [2.45, 2.75) is 20.0 Å². The number of rotatable bonds is 4. The molecule has 0 atom stereocenters. The van der Waals surface area contributed by atoms with E-state index in [0.717, 1.165) is 23.2 Å². The second kappa shape index (κ2) is 5.89. The van der Waals surface area contributed by atoms with Crippen LogP contribution in [0.3, 0.4) is 0 Å². The summed E-state index contributed by atoms with van der Waals surface area (Å²) in [5.41, 5.74) is 2.84. The van der Waals surface area contributed by atoms with Gasteiger partial charge in [0.25, 0.3) is 0 Å². The summed E-state index contributed by atoms with van der Waals surface area (Å²) >= 11 is 6.01. The van der Waals surface area contributed by atoms with E-state index in [2.05, 4.69) is 21.9 Å². The summed E-state index contributed by atoms with van der Waals surface area (Å²) in [5.74, 6) is 0.619. The van der Waals surface area contributed by atoms with Crippen LogP contribution >= 0.6 is 11.6 Å². The van der Waals surface area contributed by atoms with Gasteiger partial charge in [-0.1, -0.05) is 18.5 Å². The predicted octanol–water partition coefficient (Wildman–Crippen LogP) is 2.90. The van der Waals surface area contributed by atoms with Crippen molar-refractivity contribution >= 4 is 11.6 Å². The zero-order valence-corrected chi connectivity index (χ0v) is 11.1. The number of hydrogen-bond acceptors (Lipinski definition) is 4. The van der Waals surface area contributed by atoms with Gasteiger partial charge in [0.15, 0.2) is 5.82 Å². The molecule has 0 aromatic carbocycles. The Balaban J connectivity index is 2.49. The van der Waals surface area contributed by atoms with Crippen LogP contribution in [-0.4, -0.2) is 22.1 Å². The molecule has 0 radical (unpaired) electrons. The van der Waals surface area contributed by atoms with Crippen LogP contribution in [0.4, 0.5) is 0 Å². The second-order valence-corrected chi connectivity index (χ2v) is 4.21. The Morgan fingerprint density at radius 2 is 2.17 bits per heavy atom. The molecule has 5 heteroatoms. The molecule has 18 heavy (non-hydrogen) atoms. The number of aromatic nitrogens is 3. The van der Waals surface area contributed by atoms with E-state index in [4.69, 9.17) is 16.3 Å². The van der Waals surface area contributed by atoms with E-state index in [-0.39, 0.29) is 0 Å². The first-order chi connectivity index (χ1) is 8.74. The van der Waals surface area contributed by atoms with Gasteiger partial charge in [0, 0.05) is 25.1 Å². The Kier molecular flexibility index (Phi) is 4.23. The number of halogens is 1. The molecule has 0 unspecified atom stereocenters. The summed E-state index contributed by atoms with van der Waals surface area (Å²) in [6.45, 7) is 2.49. The third-order valence-electron chi connectivity index (χ3n) is 2.57. The molecule has 0 saturated carbocycles. The van der Waals surface area contributed by atoms with Gasteiger partial charge in [0.05, 0.1) is 12.3 Å². The Morgan fingerprint density at radius 3 is 2.89 bits per heavy atom. The van der Waals surface area contributed by atoms with E-state index in [0.29, 0.717) is 17.6 Å². The smallest absolute Gasteiger partial charge is 0.161 e. The maximum Gasteiger partial charge on any atom is 0.161 e. The van der Waals surface area contributed by atoms with E-state index >= 15 is 0 Å². The average molecular weight is 264 g/mol. The summed E-state index contributed by atoms with van der Waals surface area (Å²) in [6, 6.07) is 3.61. The monoisotopic (exact) mass is 263 g/mol. The van der Waals surface area contributed by atoms with Gasteiger partial charge in [-0.15, -0.1) is 0 Å². The Labute approximate surface area is 111 Å². The minimum Gasteiger partial charge on any atom is -0.378 e. The lowest BCUT2D eigenvalue weighted by Gasteiger charge is -2.08. The number of aryl methyl sites for hydroxylation is 1. The van der Waals surface area contributed by atoms with Crippen LogP contribution in [0.2, 0.25) is 5.15 Å². The fourth-order valence-corrected chi connectivity index (χ4v) is 1.94. The van der Waals surface area contributed by atoms with Crippen molar-refractivity contribution in [2.75, 3.05) is 7.11 Å². The number of nitrogens with zero attached hydrogens (tertiary/aromatic N) is 3. The molecule has 2 rings (SSSR count). The highest BCUT2D eigenvalue weighted by Crippen LogP contribution is 2.22. The molecule has 0 aliphatic rings. The van der Waals surface area contributed by atoms with Crippen molar-refractivity contribution in [1.29, 1.82) is 0 Å². The minimum atomic E-state index is 0.418. The van der Waals surface area contributed by atoms with Gasteiger partial charge < -0.3 is 4.74 Å². The Hall–Kier alpha value is -1.52. The molecule has 4 nitrogen and oxygen atoms in total. The lowest BCUT2D eigenvalue weighted by molar-refractivity contribution is 0.181. The van der Waals surface area contributed by atoms with E-state index < -0.39 is 0 Å². The molecule has 0 aliphatic carbocycles. The maximum absolute atomic E-state index is 6.01. The lowest BCUT2D eigenvalue weighted by atomic mass is 10.1. The molecule has 0 bridgehead atoms. The number of ether oxygens (including phenoxy) is 1. The topological polar surface area (TPSA) is 47.9 Å². The molecular weight excluding hydrogens is 250 g/mol. The molecule has 0 spiro atoms. The SMILES string of the molecule is CCc1cnccc1-c1nc(Cl)cc(COC)n1. The zero-order chi connectivity index (χ0) is 13.0. The fourth-order valence-electron chi connectivity index (χ4n) is 1.73. The van der Waals surface area contributed by atoms with Crippen LogP contribution < -0.4 is 0 Å². The van der Waals surface area contributed by atoms with Crippen molar-refractivity contribution in [1.82, 2.24) is 15.0 Å². The Bertz CT molecular complexity index is 546. The maximum atomic E-state index is 6.01. The van der Waals surface area contributed by atoms with Crippen LogP contribution in [0.5, 0.6) is 0 Å². The van der Waals surface area contributed by atoms with Gasteiger partial charge in [-0.2, -0.15) is 0 Å². The van der Waals surface area contributed by atoms with Gasteiger partial charge in [-0.3, -0.25) is 4.98 Å². The first kappa shape index (κ1) is 12.9. The van der Waals surface area contributed by atoms with Crippen LogP contribution in [0.1, 0.15) is 18.2 Å². The molecule has 94 valence electrons. The molecule has 0 N–H and O–H groups in total. The summed E-state index contributed by atoms with van der Waals surface area (Å²) in [6.07, 6.45) is 4.43. The molecule has 0 fully saturated rings. The van der Waals surface area contributed by atoms with Crippen molar-refractivity contribution in [2.24, 2.45) is 0 Å². The van der Waals surface area contributed by atoms with Crippen LogP contribution in [0.25, 0.3) is 11.4 Å². The highest BCUT2D eigenvalue weighted by atomic mass is 35.5. The van der Waals surface area contributed by atoms with E-state index in [1.807, 2.05) is 12.3 Å². The number of hydrogen-bond donors (Lipinski definition) is 0. The van der Waals surface area contributed by atoms with Gasteiger partial charge in [0.2, 0.25) is 0 Å². The van der Waals surface area contributed by atoms with E-state index in [1.165, 1.54) is 0 Å². The third-order valence-corrected chi connectivity index (χ3v) is 2.76. The summed E-state index contributed by atoms with van der Waals surface area (Å²) < 4.78 is 5.07. The van der Waals surface area contributed by atoms with Gasteiger partial charge >= 0.3 is 0 Å². The second-order valence-electron chi connectivity index (χ2n) is 3.83. The average Bonchev–Trinajstić information content (AvgIpc) is 2.38. The normalized spacial score (nSPS) is 10.6.